The maximum absolute atomic E-state index is 12.2. The molecule has 0 saturated heterocycles. The summed E-state index contributed by atoms with van der Waals surface area (Å²) >= 11 is 5.36. The summed E-state index contributed by atoms with van der Waals surface area (Å²) in [5.41, 5.74) is 0.232. The molecule has 0 bridgehead atoms. The average molecular weight is 175 g/mol. The van der Waals surface area contributed by atoms with Gasteiger partial charge in [-0.25, -0.2) is 4.39 Å². The molecule has 1 heterocycles. The third-order valence-corrected chi connectivity index (χ3v) is 1.30. The highest BCUT2D eigenvalue weighted by Crippen LogP contribution is 2.02. The molecule has 3 nitrogen and oxygen atoms in total. The van der Waals surface area contributed by atoms with Gasteiger partial charge in [-0.15, -0.1) is 0 Å². The van der Waals surface area contributed by atoms with Crippen molar-refractivity contribution >= 4 is 16.8 Å². The van der Waals surface area contributed by atoms with Crippen LogP contribution in [0.2, 0.25) is 0 Å². The van der Waals surface area contributed by atoms with Gasteiger partial charge in [0.1, 0.15) is 11.5 Å². The molecule has 0 spiro atoms. The summed E-state index contributed by atoms with van der Waals surface area (Å²) in [6.07, 6.45) is 0.989. The highest BCUT2D eigenvalue weighted by Gasteiger charge is 2.00. The van der Waals surface area contributed by atoms with Crippen LogP contribution in [0.4, 0.5) is 4.39 Å². The lowest BCUT2D eigenvalue weighted by Crippen LogP contribution is -1.94. The Morgan fingerprint density at radius 1 is 1.64 bits per heavy atom. The summed E-state index contributed by atoms with van der Waals surface area (Å²) < 4.78 is 12.2. The third-order valence-electron chi connectivity index (χ3n) is 1.03. The van der Waals surface area contributed by atoms with Crippen LogP contribution in [0.3, 0.4) is 0 Å². The Morgan fingerprint density at radius 3 is 2.82 bits per heavy atom. The number of halogens is 2. The van der Waals surface area contributed by atoms with Crippen molar-refractivity contribution in [2.45, 2.75) is 0 Å². The van der Waals surface area contributed by atoms with Gasteiger partial charge in [0.15, 0.2) is 5.17 Å². The third kappa shape index (κ3) is 1.88. The van der Waals surface area contributed by atoms with Crippen molar-refractivity contribution in [1.82, 2.24) is 4.98 Å². The predicted molar refractivity (Wildman–Crippen MR) is 38.4 cm³/mol. The number of hydrogen-bond donors (Lipinski definition) is 1. The smallest absolute Gasteiger partial charge is 0.193 e. The fraction of sp³-hybridized carbons (Fsp3) is 0. The summed E-state index contributed by atoms with van der Waals surface area (Å²) in [7, 11) is 0. The Morgan fingerprint density at radius 2 is 2.36 bits per heavy atom. The van der Waals surface area contributed by atoms with Crippen molar-refractivity contribution in [3.05, 3.63) is 29.8 Å². The van der Waals surface area contributed by atoms with Crippen LogP contribution in [0.15, 0.2) is 23.5 Å². The van der Waals surface area contributed by atoms with E-state index in [9.17, 15) is 4.39 Å². The van der Waals surface area contributed by atoms with Crippen LogP contribution in [0, 0.1) is 5.82 Å². The van der Waals surface area contributed by atoms with Crippen LogP contribution in [-0.4, -0.2) is 15.4 Å². The SMILES string of the molecule is O/N=C(\Cl)c1ccc(F)cn1. The minimum absolute atomic E-state index is 0.162. The Balaban J connectivity index is 2.99. The number of hydrogen-bond acceptors (Lipinski definition) is 3. The van der Waals surface area contributed by atoms with Gasteiger partial charge in [-0.1, -0.05) is 16.8 Å². The van der Waals surface area contributed by atoms with Crippen molar-refractivity contribution in [2.75, 3.05) is 0 Å². The zero-order valence-corrected chi connectivity index (χ0v) is 6.09. The van der Waals surface area contributed by atoms with E-state index in [0.717, 1.165) is 6.20 Å². The normalized spacial score (nSPS) is 11.6. The molecule has 58 valence electrons. The van der Waals surface area contributed by atoms with Crippen LogP contribution < -0.4 is 0 Å². The number of nitrogens with zero attached hydrogens (tertiary/aromatic N) is 2. The van der Waals surface area contributed by atoms with Crippen molar-refractivity contribution < 1.29 is 9.60 Å². The summed E-state index contributed by atoms with van der Waals surface area (Å²) in [4.78, 5) is 3.55. The quantitative estimate of drug-likeness (QED) is 0.399. The van der Waals surface area contributed by atoms with Crippen LogP contribution in [0.1, 0.15) is 5.69 Å². The van der Waals surface area contributed by atoms with Gasteiger partial charge in [0, 0.05) is 0 Å². The van der Waals surface area contributed by atoms with Gasteiger partial charge in [0.25, 0.3) is 0 Å². The lowest BCUT2D eigenvalue weighted by atomic mass is 10.4. The number of pyridine rings is 1. The molecule has 1 rings (SSSR count). The number of aromatic nitrogens is 1. The zero-order valence-electron chi connectivity index (χ0n) is 5.33. The van der Waals surface area contributed by atoms with E-state index in [2.05, 4.69) is 10.1 Å². The fourth-order valence-electron chi connectivity index (χ4n) is 0.549. The maximum Gasteiger partial charge on any atom is 0.193 e. The Bertz CT molecular complexity index is 272. The molecular weight excluding hydrogens is 171 g/mol. The second-order valence-corrected chi connectivity index (χ2v) is 2.11. The first-order valence-electron chi connectivity index (χ1n) is 2.73. The standard InChI is InChI=1S/C6H4ClFN2O/c7-6(10-11)5-2-1-4(8)3-9-5/h1-3,11H/b10-6-. The number of oxime groups is 1. The monoisotopic (exact) mass is 174 g/mol. The molecule has 0 aliphatic carbocycles. The summed E-state index contributed by atoms with van der Waals surface area (Å²) in [5, 5.41) is 10.7. The zero-order chi connectivity index (χ0) is 8.27. The van der Waals surface area contributed by atoms with E-state index in [4.69, 9.17) is 16.8 Å². The van der Waals surface area contributed by atoms with Crippen molar-refractivity contribution in [1.29, 1.82) is 0 Å². The summed E-state index contributed by atoms with van der Waals surface area (Å²) in [6.45, 7) is 0. The minimum atomic E-state index is -0.462. The molecule has 0 atom stereocenters. The first kappa shape index (κ1) is 7.94. The van der Waals surface area contributed by atoms with Gasteiger partial charge in [0.05, 0.1) is 6.20 Å². The van der Waals surface area contributed by atoms with Gasteiger partial charge in [-0.3, -0.25) is 4.98 Å². The van der Waals surface area contributed by atoms with Crippen LogP contribution >= 0.6 is 11.6 Å². The minimum Gasteiger partial charge on any atom is -0.410 e. The van der Waals surface area contributed by atoms with Gasteiger partial charge >= 0.3 is 0 Å². The number of rotatable bonds is 1. The molecule has 0 unspecified atom stereocenters. The van der Waals surface area contributed by atoms with Crippen molar-refractivity contribution in [3.63, 3.8) is 0 Å². The molecule has 1 N–H and O–H groups in total. The highest BCUT2D eigenvalue weighted by atomic mass is 35.5. The highest BCUT2D eigenvalue weighted by molar-refractivity contribution is 6.69. The lowest BCUT2D eigenvalue weighted by Gasteiger charge is -1.92. The van der Waals surface area contributed by atoms with E-state index < -0.39 is 5.82 Å². The maximum atomic E-state index is 12.2. The summed E-state index contributed by atoms with van der Waals surface area (Å²) in [5.74, 6) is -0.462. The van der Waals surface area contributed by atoms with E-state index in [1.165, 1.54) is 12.1 Å². The van der Waals surface area contributed by atoms with Crippen LogP contribution in [-0.2, 0) is 0 Å². The Kier molecular flexibility index (Phi) is 2.38. The molecule has 11 heavy (non-hydrogen) atoms. The average Bonchev–Trinajstić information content (AvgIpc) is 2.05. The van der Waals surface area contributed by atoms with Crippen molar-refractivity contribution in [2.24, 2.45) is 5.16 Å². The second-order valence-electron chi connectivity index (χ2n) is 1.75. The van der Waals surface area contributed by atoms with Gasteiger partial charge in [0.2, 0.25) is 0 Å². The fourth-order valence-corrected chi connectivity index (χ4v) is 0.661. The first-order valence-corrected chi connectivity index (χ1v) is 3.11. The summed E-state index contributed by atoms with van der Waals surface area (Å²) in [6, 6.07) is 2.49. The largest absolute Gasteiger partial charge is 0.410 e. The molecule has 1 aromatic rings. The predicted octanol–water partition coefficient (Wildman–Crippen LogP) is 1.60. The van der Waals surface area contributed by atoms with E-state index in [-0.39, 0.29) is 10.9 Å². The van der Waals surface area contributed by atoms with Gasteiger partial charge in [-0.2, -0.15) is 0 Å². The molecule has 0 radical (unpaired) electrons. The first-order chi connectivity index (χ1) is 5.24. The van der Waals surface area contributed by atoms with E-state index in [1.807, 2.05) is 0 Å². The molecule has 1 aromatic heterocycles. The molecule has 0 aliphatic heterocycles. The van der Waals surface area contributed by atoms with Crippen LogP contribution in [0.5, 0.6) is 0 Å². The Hall–Kier alpha value is -1.16. The Labute approximate surface area is 67.1 Å². The molecular formula is C6H4ClFN2O. The van der Waals surface area contributed by atoms with Gasteiger partial charge in [-0.05, 0) is 12.1 Å². The van der Waals surface area contributed by atoms with Crippen molar-refractivity contribution in [3.8, 4) is 0 Å². The molecule has 0 fully saturated rings. The molecule has 0 amide bonds. The molecule has 0 aromatic carbocycles. The second kappa shape index (κ2) is 3.30. The van der Waals surface area contributed by atoms with Gasteiger partial charge < -0.3 is 5.21 Å². The lowest BCUT2D eigenvalue weighted by molar-refractivity contribution is 0.320. The van der Waals surface area contributed by atoms with E-state index in [0.29, 0.717) is 0 Å². The van der Waals surface area contributed by atoms with E-state index >= 15 is 0 Å². The van der Waals surface area contributed by atoms with Crippen LogP contribution in [0.25, 0.3) is 0 Å². The molecule has 0 saturated carbocycles. The topological polar surface area (TPSA) is 45.5 Å². The molecule has 0 aliphatic rings. The molecule has 5 heteroatoms. The van der Waals surface area contributed by atoms with E-state index in [1.54, 1.807) is 0 Å².